The SMILES string of the molecule is C=CC(C=C)NC. The van der Waals surface area contributed by atoms with Crippen LogP contribution in [0.4, 0.5) is 0 Å². The van der Waals surface area contributed by atoms with E-state index in [9.17, 15) is 0 Å². The smallest absolute Gasteiger partial charge is 0.0427 e. The monoisotopic (exact) mass is 97.1 g/mol. The fourth-order valence-electron chi connectivity index (χ4n) is 0.332. The van der Waals surface area contributed by atoms with E-state index in [0.717, 1.165) is 0 Å². The van der Waals surface area contributed by atoms with Crippen molar-refractivity contribution in [3.8, 4) is 0 Å². The highest BCUT2D eigenvalue weighted by Gasteiger charge is 1.86. The average Bonchev–Trinajstić information content (AvgIpc) is 1.72. The minimum absolute atomic E-state index is 0.264. The first-order valence-corrected chi connectivity index (χ1v) is 2.27. The van der Waals surface area contributed by atoms with Crippen molar-refractivity contribution in [2.45, 2.75) is 6.04 Å². The normalized spacial score (nSPS) is 8.86. The second kappa shape index (κ2) is 3.62. The van der Waals surface area contributed by atoms with E-state index in [0.29, 0.717) is 0 Å². The Balaban J connectivity index is 3.36. The number of rotatable bonds is 3. The largest absolute Gasteiger partial charge is 0.310 e. The van der Waals surface area contributed by atoms with Crippen LogP contribution in [0.5, 0.6) is 0 Å². The van der Waals surface area contributed by atoms with Crippen LogP contribution in [0.25, 0.3) is 0 Å². The van der Waals surface area contributed by atoms with Gasteiger partial charge in [0.2, 0.25) is 0 Å². The molecule has 0 aromatic heterocycles. The maximum atomic E-state index is 3.57. The van der Waals surface area contributed by atoms with Gasteiger partial charge in [0, 0.05) is 6.04 Å². The Hall–Kier alpha value is -0.560. The zero-order chi connectivity index (χ0) is 5.70. The van der Waals surface area contributed by atoms with Gasteiger partial charge < -0.3 is 5.32 Å². The summed E-state index contributed by atoms with van der Waals surface area (Å²) in [4.78, 5) is 0. The molecule has 0 unspecified atom stereocenters. The Kier molecular flexibility index (Phi) is 3.33. The van der Waals surface area contributed by atoms with Gasteiger partial charge in [0.25, 0.3) is 0 Å². The number of hydrogen-bond acceptors (Lipinski definition) is 1. The standard InChI is InChI=1S/C6H11N/c1-4-6(5-2)7-3/h4-7H,1-2H2,3H3. The van der Waals surface area contributed by atoms with E-state index in [-0.39, 0.29) is 6.04 Å². The summed E-state index contributed by atoms with van der Waals surface area (Å²) in [6.45, 7) is 7.14. The molecule has 0 saturated heterocycles. The van der Waals surface area contributed by atoms with Gasteiger partial charge in [0.05, 0.1) is 0 Å². The lowest BCUT2D eigenvalue weighted by Gasteiger charge is -2.00. The van der Waals surface area contributed by atoms with Gasteiger partial charge in [-0.25, -0.2) is 0 Å². The molecule has 1 heteroatoms. The number of hydrogen-bond donors (Lipinski definition) is 1. The molecule has 0 rings (SSSR count). The maximum absolute atomic E-state index is 3.57. The summed E-state index contributed by atoms with van der Waals surface area (Å²) < 4.78 is 0. The molecule has 0 aliphatic rings. The lowest BCUT2D eigenvalue weighted by atomic mass is 10.3. The maximum Gasteiger partial charge on any atom is 0.0427 e. The van der Waals surface area contributed by atoms with Crippen LogP contribution in [0.1, 0.15) is 0 Å². The highest BCUT2D eigenvalue weighted by Crippen LogP contribution is 1.80. The van der Waals surface area contributed by atoms with Crippen molar-refractivity contribution in [3.63, 3.8) is 0 Å². The van der Waals surface area contributed by atoms with E-state index in [1.54, 1.807) is 12.2 Å². The molecular weight excluding hydrogens is 86.1 g/mol. The average molecular weight is 97.2 g/mol. The van der Waals surface area contributed by atoms with Gasteiger partial charge in [-0.2, -0.15) is 0 Å². The first-order chi connectivity index (χ1) is 3.35. The molecule has 0 aliphatic carbocycles. The fourth-order valence-corrected chi connectivity index (χ4v) is 0.332. The summed E-state index contributed by atoms with van der Waals surface area (Å²) in [5, 5.41) is 2.97. The summed E-state index contributed by atoms with van der Waals surface area (Å²) in [6.07, 6.45) is 3.60. The quantitative estimate of drug-likeness (QED) is 0.517. The molecule has 0 aliphatic heterocycles. The van der Waals surface area contributed by atoms with Crippen LogP contribution in [0.2, 0.25) is 0 Å². The van der Waals surface area contributed by atoms with Crippen molar-refractivity contribution in [2.24, 2.45) is 0 Å². The molecule has 0 fully saturated rings. The second-order valence-electron chi connectivity index (χ2n) is 1.29. The summed E-state index contributed by atoms with van der Waals surface area (Å²) in [5.41, 5.74) is 0. The lowest BCUT2D eigenvalue weighted by Crippen LogP contribution is -2.18. The van der Waals surface area contributed by atoms with E-state index in [1.165, 1.54) is 0 Å². The number of nitrogens with one attached hydrogen (secondary N) is 1. The Morgan fingerprint density at radius 1 is 1.43 bits per heavy atom. The zero-order valence-electron chi connectivity index (χ0n) is 4.65. The molecule has 0 heterocycles. The van der Waals surface area contributed by atoms with E-state index in [1.807, 2.05) is 7.05 Å². The van der Waals surface area contributed by atoms with Gasteiger partial charge >= 0.3 is 0 Å². The van der Waals surface area contributed by atoms with E-state index < -0.39 is 0 Å². The predicted octanol–water partition coefficient (Wildman–Crippen LogP) is 0.946. The van der Waals surface area contributed by atoms with Crippen molar-refractivity contribution < 1.29 is 0 Å². The van der Waals surface area contributed by atoms with Crippen LogP contribution in [0.15, 0.2) is 25.3 Å². The molecule has 0 spiro atoms. The zero-order valence-corrected chi connectivity index (χ0v) is 4.65. The van der Waals surface area contributed by atoms with Gasteiger partial charge in [0.1, 0.15) is 0 Å². The third-order valence-electron chi connectivity index (χ3n) is 0.841. The molecule has 1 N–H and O–H groups in total. The molecule has 1 nitrogen and oxygen atoms in total. The minimum atomic E-state index is 0.264. The molecule has 0 amide bonds. The van der Waals surface area contributed by atoms with Crippen LogP contribution in [0.3, 0.4) is 0 Å². The van der Waals surface area contributed by atoms with Crippen LogP contribution < -0.4 is 5.32 Å². The third-order valence-corrected chi connectivity index (χ3v) is 0.841. The van der Waals surface area contributed by atoms with E-state index in [2.05, 4.69) is 18.5 Å². The molecule has 0 aromatic rings. The van der Waals surface area contributed by atoms with Crippen LogP contribution >= 0.6 is 0 Å². The highest BCUT2D eigenvalue weighted by atomic mass is 14.8. The Labute approximate surface area is 44.7 Å². The topological polar surface area (TPSA) is 12.0 Å². The predicted molar refractivity (Wildman–Crippen MR) is 33.2 cm³/mol. The van der Waals surface area contributed by atoms with Crippen molar-refractivity contribution in [1.29, 1.82) is 0 Å². The van der Waals surface area contributed by atoms with Gasteiger partial charge in [-0.1, -0.05) is 12.2 Å². The molecule has 40 valence electrons. The molecule has 0 aromatic carbocycles. The third kappa shape index (κ3) is 2.18. The fraction of sp³-hybridized carbons (Fsp3) is 0.333. The van der Waals surface area contributed by atoms with Crippen molar-refractivity contribution in [1.82, 2.24) is 5.32 Å². The molecular formula is C6H11N. The summed E-state index contributed by atoms with van der Waals surface area (Å²) in [5.74, 6) is 0. The van der Waals surface area contributed by atoms with E-state index >= 15 is 0 Å². The summed E-state index contributed by atoms with van der Waals surface area (Å²) >= 11 is 0. The number of likely N-dealkylation sites (N-methyl/N-ethyl adjacent to an activating group) is 1. The van der Waals surface area contributed by atoms with Crippen molar-refractivity contribution >= 4 is 0 Å². The lowest BCUT2D eigenvalue weighted by molar-refractivity contribution is 0.794. The summed E-state index contributed by atoms with van der Waals surface area (Å²) in [6, 6.07) is 0.264. The van der Waals surface area contributed by atoms with Crippen molar-refractivity contribution in [2.75, 3.05) is 7.05 Å². The molecule has 0 saturated carbocycles. The Morgan fingerprint density at radius 3 is 1.86 bits per heavy atom. The first-order valence-electron chi connectivity index (χ1n) is 2.27. The van der Waals surface area contributed by atoms with Crippen LogP contribution in [-0.4, -0.2) is 13.1 Å². The van der Waals surface area contributed by atoms with Gasteiger partial charge in [-0.15, -0.1) is 13.2 Å². The van der Waals surface area contributed by atoms with Gasteiger partial charge in [-0.05, 0) is 7.05 Å². The highest BCUT2D eigenvalue weighted by molar-refractivity contribution is 4.97. The van der Waals surface area contributed by atoms with Crippen LogP contribution in [0, 0.1) is 0 Å². The Morgan fingerprint density at radius 2 is 1.86 bits per heavy atom. The Bertz CT molecular complexity index is 58.6. The summed E-state index contributed by atoms with van der Waals surface area (Å²) in [7, 11) is 1.87. The molecule has 0 bridgehead atoms. The first kappa shape index (κ1) is 6.44. The molecule has 7 heavy (non-hydrogen) atoms. The molecule has 0 radical (unpaired) electrons. The molecule has 0 atom stereocenters. The van der Waals surface area contributed by atoms with Crippen LogP contribution in [-0.2, 0) is 0 Å². The minimum Gasteiger partial charge on any atom is -0.310 e. The van der Waals surface area contributed by atoms with Gasteiger partial charge in [-0.3, -0.25) is 0 Å². The van der Waals surface area contributed by atoms with Crippen molar-refractivity contribution in [3.05, 3.63) is 25.3 Å². The van der Waals surface area contributed by atoms with Gasteiger partial charge in [0.15, 0.2) is 0 Å². The van der Waals surface area contributed by atoms with E-state index in [4.69, 9.17) is 0 Å². The second-order valence-corrected chi connectivity index (χ2v) is 1.29.